The number of amides is 1. The molecule has 0 aromatic carbocycles. The Morgan fingerprint density at radius 3 is 3.08 bits per heavy atom. The average Bonchev–Trinajstić information content (AvgIpc) is 2.94. The number of aryl methyl sites for hydroxylation is 2. The molecule has 0 radical (unpaired) electrons. The van der Waals surface area contributed by atoms with Crippen LogP contribution in [0, 0.1) is 12.8 Å². The molecule has 0 saturated carbocycles. The molecule has 3 heterocycles. The molecule has 26 heavy (non-hydrogen) atoms. The van der Waals surface area contributed by atoms with Crippen LogP contribution in [0.5, 0.6) is 0 Å². The first kappa shape index (κ1) is 17.1. The van der Waals surface area contributed by atoms with Crippen LogP contribution in [0.3, 0.4) is 0 Å². The van der Waals surface area contributed by atoms with Crippen LogP contribution in [0.4, 0.5) is 0 Å². The Kier molecular flexibility index (Phi) is 4.97. The SMILES string of the molecule is Cc1cc(CC2COCCN(C(=O)c3noc4c3CCCC4)C2)ncn1. The molecule has 138 valence electrons. The van der Waals surface area contributed by atoms with Crippen molar-refractivity contribution in [1.82, 2.24) is 20.0 Å². The van der Waals surface area contributed by atoms with Gasteiger partial charge in [-0.2, -0.15) is 0 Å². The zero-order chi connectivity index (χ0) is 17.9. The van der Waals surface area contributed by atoms with Gasteiger partial charge in [-0.15, -0.1) is 0 Å². The van der Waals surface area contributed by atoms with Crippen LogP contribution in [0.15, 0.2) is 16.9 Å². The van der Waals surface area contributed by atoms with Crippen molar-refractivity contribution in [3.63, 3.8) is 0 Å². The van der Waals surface area contributed by atoms with Crippen LogP contribution in [0.1, 0.15) is 46.0 Å². The van der Waals surface area contributed by atoms with Gasteiger partial charge in [-0.05, 0) is 38.7 Å². The third-order valence-electron chi connectivity index (χ3n) is 5.14. The second-order valence-corrected chi connectivity index (χ2v) is 7.19. The first-order valence-corrected chi connectivity index (χ1v) is 9.32. The molecule has 2 aromatic heterocycles. The molecule has 2 aromatic rings. The summed E-state index contributed by atoms with van der Waals surface area (Å²) in [7, 11) is 0. The molecule has 2 aliphatic rings. The minimum atomic E-state index is -0.0359. The molecule has 0 spiro atoms. The Labute approximate surface area is 152 Å². The maximum Gasteiger partial charge on any atom is 0.276 e. The fourth-order valence-corrected chi connectivity index (χ4v) is 3.81. The highest BCUT2D eigenvalue weighted by Gasteiger charge is 2.30. The number of aromatic nitrogens is 3. The third kappa shape index (κ3) is 3.62. The van der Waals surface area contributed by atoms with Gasteiger partial charge < -0.3 is 14.2 Å². The first-order valence-electron chi connectivity index (χ1n) is 9.32. The zero-order valence-corrected chi connectivity index (χ0v) is 15.1. The topological polar surface area (TPSA) is 81.4 Å². The molecule has 7 heteroatoms. The van der Waals surface area contributed by atoms with Crippen molar-refractivity contribution in [2.75, 3.05) is 26.3 Å². The van der Waals surface area contributed by atoms with E-state index < -0.39 is 0 Å². The van der Waals surface area contributed by atoms with Gasteiger partial charge >= 0.3 is 0 Å². The van der Waals surface area contributed by atoms with Crippen molar-refractivity contribution in [2.24, 2.45) is 5.92 Å². The van der Waals surface area contributed by atoms with Crippen molar-refractivity contribution in [2.45, 2.75) is 39.0 Å². The van der Waals surface area contributed by atoms with E-state index in [9.17, 15) is 4.79 Å². The molecule has 1 aliphatic heterocycles. The molecule has 0 N–H and O–H groups in total. The van der Waals surface area contributed by atoms with E-state index in [1.807, 2.05) is 17.9 Å². The van der Waals surface area contributed by atoms with Gasteiger partial charge in [0.05, 0.1) is 13.2 Å². The molecule has 1 saturated heterocycles. The third-order valence-corrected chi connectivity index (χ3v) is 5.14. The van der Waals surface area contributed by atoms with E-state index in [1.165, 1.54) is 0 Å². The molecular formula is C19H24N4O3. The zero-order valence-electron chi connectivity index (χ0n) is 15.1. The standard InChI is InChI=1S/C19H24N4O3/c1-13-8-15(21-12-20-13)9-14-10-23(6-7-25-11-14)19(24)18-16-4-2-3-5-17(16)26-22-18/h8,12,14H,2-7,9-11H2,1H3. The number of hydrogen-bond acceptors (Lipinski definition) is 6. The summed E-state index contributed by atoms with van der Waals surface area (Å²) in [4.78, 5) is 23.4. The monoisotopic (exact) mass is 356 g/mol. The van der Waals surface area contributed by atoms with Gasteiger partial charge in [0.2, 0.25) is 0 Å². The fourth-order valence-electron chi connectivity index (χ4n) is 3.81. The van der Waals surface area contributed by atoms with Gasteiger partial charge in [0.1, 0.15) is 12.1 Å². The van der Waals surface area contributed by atoms with E-state index in [-0.39, 0.29) is 11.8 Å². The Bertz CT molecular complexity index is 789. The molecule has 1 amide bonds. The minimum Gasteiger partial charge on any atom is -0.379 e. The van der Waals surface area contributed by atoms with Crippen LogP contribution >= 0.6 is 0 Å². The van der Waals surface area contributed by atoms with Crippen LogP contribution in [-0.2, 0) is 24.0 Å². The summed E-state index contributed by atoms with van der Waals surface area (Å²) >= 11 is 0. The summed E-state index contributed by atoms with van der Waals surface area (Å²) < 4.78 is 11.2. The van der Waals surface area contributed by atoms with Crippen molar-refractivity contribution in [3.8, 4) is 0 Å². The highest BCUT2D eigenvalue weighted by Crippen LogP contribution is 2.25. The Morgan fingerprint density at radius 2 is 2.19 bits per heavy atom. The maximum absolute atomic E-state index is 13.1. The van der Waals surface area contributed by atoms with Gasteiger partial charge in [-0.25, -0.2) is 9.97 Å². The van der Waals surface area contributed by atoms with E-state index >= 15 is 0 Å². The molecule has 1 unspecified atom stereocenters. The second kappa shape index (κ2) is 7.53. The van der Waals surface area contributed by atoms with E-state index in [0.717, 1.165) is 54.8 Å². The van der Waals surface area contributed by atoms with Crippen molar-refractivity contribution < 1.29 is 14.1 Å². The summed E-state index contributed by atoms with van der Waals surface area (Å²) in [6.07, 6.45) is 6.32. The molecule has 1 fully saturated rings. The van der Waals surface area contributed by atoms with Crippen LogP contribution < -0.4 is 0 Å². The number of rotatable bonds is 3. The quantitative estimate of drug-likeness (QED) is 0.836. The lowest BCUT2D eigenvalue weighted by Crippen LogP contribution is -2.37. The fraction of sp³-hybridized carbons (Fsp3) is 0.579. The van der Waals surface area contributed by atoms with Gasteiger partial charge in [0, 0.05) is 42.4 Å². The lowest BCUT2D eigenvalue weighted by atomic mass is 9.96. The number of carbonyl (C=O) groups is 1. The minimum absolute atomic E-state index is 0.0359. The number of ether oxygens (including phenoxy) is 1. The summed E-state index contributed by atoms with van der Waals surface area (Å²) in [5.41, 5.74) is 3.44. The highest BCUT2D eigenvalue weighted by atomic mass is 16.5. The average molecular weight is 356 g/mol. The Balaban J connectivity index is 1.49. The summed E-state index contributed by atoms with van der Waals surface area (Å²) in [6, 6.07) is 1.99. The molecule has 7 nitrogen and oxygen atoms in total. The lowest BCUT2D eigenvalue weighted by Gasteiger charge is -2.23. The molecular weight excluding hydrogens is 332 g/mol. The van der Waals surface area contributed by atoms with Gasteiger partial charge in [0.15, 0.2) is 5.69 Å². The van der Waals surface area contributed by atoms with Crippen LogP contribution in [-0.4, -0.2) is 52.2 Å². The number of hydrogen-bond donors (Lipinski definition) is 0. The van der Waals surface area contributed by atoms with Crippen molar-refractivity contribution >= 4 is 5.91 Å². The van der Waals surface area contributed by atoms with Gasteiger partial charge in [-0.3, -0.25) is 4.79 Å². The highest BCUT2D eigenvalue weighted by molar-refractivity contribution is 5.94. The largest absolute Gasteiger partial charge is 0.379 e. The molecule has 4 rings (SSSR count). The van der Waals surface area contributed by atoms with Crippen molar-refractivity contribution in [1.29, 1.82) is 0 Å². The van der Waals surface area contributed by atoms with Gasteiger partial charge in [-0.1, -0.05) is 5.16 Å². The maximum atomic E-state index is 13.1. The smallest absolute Gasteiger partial charge is 0.276 e. The van der Waals surface area contributed by atoms with E-state index in [4.69, 9.17) is 9.26 Å². The molecule has 1 aliphatic carbocycles. The van der Waals surface area contributed by atoms with Crippen LogP contribution in [0.25, 0.3) is 0 Å². The van der Waals surface area contributed by atoms with E-state index in [1.54, 1.807) is 6.33 Å². The molecule has 0 bridgehead atoms. The summed E-state index contributed by atoms with van der Waals surface area (Å²) in [5, 5.41) is 4.10. The Morgan fingerprint density at radius 1 is 1.31 bits per heavy atom. The lowest BCUT2D eigenvalue weighted by molar-refractivity contribution is 0.0726. The van der Waals surface area contributed by atoms with E-state index in [0.29, 0.717) is 32.0 Å². The predicted octanol–water partition coefficient (Wildman–Crippen LogP) is 1.98. The van der Waals surface area contributed by atoms with Gasteiger partial charge in [0.25, 0.3) is 5.91 Å². The normalized spacial score (nSPS) is 20.5. The first-order chi connectivity index (χ1) is 12.7. The predicted molar refractivity (Wildman–Crippen MR) is 93.8 cm³/mol. The number of carbonyl (C=O) groups excluding carboxylic acids is 1. The molecule has 1 atom stereocenters. The summed E-state index contributed by atoms with van der Waals surface area (Å²) in [6.45, 7) is 4.36. The summed E-state index contributed by atoms with van der Waals surface area (Å²) in [5.74, 6) is 1.06. The number of fused-ring (bicyclic) bond motifs is 1. The number of nitrogens with zero attached hydrogens (tertiary/aromatic N) is 4. The van der Waals surface area contributed by atoms with E-state index in [2.05, 4.69) is 15.1 Å². The van der Waals surface area contributed by atoms with Crippen molar-refractivity contribution in [3.05, 3.63) is 40.8 Å². The Hall–Kier alpha value is -2.28. The van der Waals surface area contributed by atoms with Crippen LogP contribution in [0.2, 0.25) is 0 Å². The second-order valence-electron chi connectivity index (χ2n) is 7.19.